The van der Waals surface area contributed by atoms with Crippen molar-refractivity contribution in [2.75, 3.05) is 6.54 Å². The highest BCUT2D eigenvalue weighted by Crippen LogP contribution is 2.53. The molecule has 7 nitrogen and oxygen atoms in total. The molecule has 12 heteroatoms. The normalized spacial score (nSPS) is 25.2. The molecule has 188 valence electrons. The van der Waals surface area contributed by atoms with Crippen LogP contribution in [-0.4, -0.2) is 53.9 Å². The van der Waals surface area contributed by atoms with E-state index in [-0.39, 0.29) is 28.8 Å². The first-order valence-electron chi connectivity index (χ1n) is 11.3. The lowest BCUT2D eigenvalue weighted by Gasteiger charge is -2.30. The van der Waals surface area contributed by atoms with E-state index in [0.717, 1.165) is 4.88 Å². The molecule has 0 spiro atoms. The summed E-state index contributed by atoms with van der Waals surface area (Å²) in [5, 5.41) is 1.55. The Balaban J connectivity index is 1.47. The third-order valence-electron chi connectivity index (χ3n) is 7.34. The van der Waals surface area contributed by atoms with Crippen LogP contribution in [0.1, 0.15) is 37.0 Å². The van der Waals surface area contributed by atoms with E-state index in [1.165, 1.54) is 28.4 Å². The van der Waals surface area contributed by atoms with Crippen molar-refractivity contribution >= 4 is 68.8 Å². The highest BCUT2D eigenvalue weighted by atomic mass is 35.5. The van der Waals surface area contributed by atoms with Gasteiger partial charge < -0.3 is 16.0 Å². The van der Waals surface area contributed by atoms with Gasteiger partial charge in [0.15, 0.2) is 9.84 Å². The van der Waals surface area contributed by atoms with E-state index < -0.39 is 43.4 Å². The fourth-order valence-corrected chi connectivity index (χ4v) is 8.67. The molecular weight excluding hydrogens is 549 g/mol. The van der Waals surface area contributed by atoms with Gasteiger partial charge >= 0.3 is 0 Å². The van der Waals surface area contributed by atoms with E-state index >= 15 is 0 Å². The first-order valence-corrected chi connectivity index (χ1v) is 14.9. The summed E-state index contributed by atoms with van der Waals surface area (Å²) in [7, 11) is -3.90. The number of rotatable bonds is 7. The van der Waals surface area contributed by atoms with Crippen LogP contribution in [0.15, 0.2) is 41.3 Å². The molecule has 2 aromatic rings. The summed E-state index contributed by atoms with van der Waals surface area (Å²) in [6, 6.07) is 8.86. The van der Waals surface area contributed by atoms with Crippen molar-refractivity contribution < 1.29 is 18.0 Å². The van der Waals surface area contributed by atoms with Crippen LogP contribution in [0.25, 0.3) is 0 Å². The highest BCUT2D eigenvalue weighted by Gasteiger charge is 2.59. The van der Waals surface area contributed by atoms with Gasteiger partial charge in [0.1, 0.15) is 6.04 Å². The monoisotopic (exact) mass is 573 g/mol. The molecule has 1 aromatic carbocycles. The molecule has 1 unspecified atom stereocenters. The fourth-order valence-electron chi connectivity index (χ4n) is 4.85. The SMILES string of the molecule is NC(S)C1(NC(=O)[C@@H]2C[C@@H](S(=O)(=O)c3ccccc3Cl)CN2C(=O)C2(c3ccc(Cl)s3)CC2)CC1. The van der Waals surface area contributed by atoms with Crippen LogP contribution in [0.5, 0.6) is 0 Å². The first-order chi connectivity index (χ1) is 16.5. The van der Waals surface area contributed by atoms with Crippen molar-refractivity contribution in [1.29, 1.82) is 0 Å². The molecule has 1 aromatic heterocycles. The number of carbonyl (C=O) groups excluding carboxylic acids is 2. The lowest BCUT2D eigenvalue weighted by Crippen LogP contribution is -2.55. The number of nitrogens with zero attached hydrogens (tertiary/aromatic N) is 1. The van der Waals surface area contributed by atoms with Crippen LogP contribution in [0.4, 0.5) is 0 Å². The lowest BCUT2D eigenvalue weighted by atomic mass is 10.0. The molecule has 1 saturated heterocycles. The smallest absolute Gasteiger partial charge is 0.243 e. The predicted octanol–water partition coefficient (Wildman–Crippen LogP) is 3.39. The highest BCUT2D eigenvalue weighted by molar-refractivity contribution is 7.92. The molecule has 0 bridgehead atoms. The van der Waals surface area contributed by atoms with Crippen LogP contribution in [-0.2, 0) is 24.8 Å². The molecule has 2 saturated carbocycles. The molecule has 35 heavy (non-hydrogen) atoms. The quantitative estimate of drug-likeness (QED) is 0.347. The van der Waals surface area contributed by atoms with Crippen molar-refractivity contribution in [3.63, 3.8) is 0 Å². The summed E-state index contributed by atoms with van der Waals surface area (Å²) in [4.78, 5) is 29.6. The molecular formula is C23H25Cl2N3O4S3. The van der Waals surface area contributed by atoms with Gasteiger partial charge in [-0.25, -0.2) is 8.42 Å². The second kappa shape index (κ2) is 8.92. The number of thiol groups is 1. The van der Waals surface area contributed by atoms with Gasteiger partial charge in [0.05, 0.1) is 35.8 Å². The maximum Gasteiger partial charge on any atom is 0.243 e. The maximum atomic E-state index is 13.9. The van der Waals surface area contributed by atoms with Gasteiger partial charge in [-0.05, 0) is 56.4 Å². The van der Waals surface area contributed by atoms with Gasteiger partial charge in [0.25, 0.3) is 0 Å². The topological polar surface area (TPSA) is 110 Å². The molecule has 5 rings (SSSR count). The van der Waals surface area contributed by atoms with Crippen LogP contribution in [0.3, 0.4) is 0 Å². The number of thiophene rings is 1. The minimum Gasteiger partial charge on any atom is -0.346 e. The summed E-state index contributed by atoms with van der Waals surface area (Å²) in [6.45, 7) is -0.0920. The zero-order valence-corrected chi connectivity index (χ0v) is 22.7. The molecule has 1 aliphatic heterocycles. The zero-order valence-electron chi connectivity index (χ0n) is 18.6. The molecule has 3 atom stereocenters. The van der Waals surface area contributed by atoms with Crippen molar-refractivity contribution in [3.05, 3.63) is 50.6 Å². The number of amides is 2. The summed E-state index contributed by atoms with van der Waals surface area (Å²) in [6.07, 6.45) is 2.60. The molecule has 3 fully saturated rings. The fraction of sp³-hybridized carbons (Fsp3) is 0.478. The van der Waals surface area contributed by atoms with E-state index in [2.05, 4.69) is 17.9 Å². The molecule has 0 radical (unpaired) electrons. The van der Waals surface area contributed by atoms with E-state index in [1.807, 2.05) is 6.07 Å². The van der Waals surface area contributed by atoms with Gasteiger partial charge in [-0.15, -0.1) is 11.3 Å². The summed E-state index contributed by atoms with van der Waals surface area (Å²) in [5.41, 5.74) is 4.57. The Morgan fingerprint density at radius 3 is 2.37 bits per heavy atom. The third kappa shape index (κ3) is 4.40. The zero-order chi connectivity index (χ0) is 25.2. The number of nitrogens with two attached hydrogens (primary N) is 1. The second-order valence-electron chi connectivity index (χ2n) is 9.58. The molecule has 2 amide bonds. The van der Waals surface area contributed by atoms with Crippen molar-refractivity contribution in [2.45, 2.75) is 64.6 Å². The molecule has 3 aliphatic rings. The average molecular weight is 575 g/mol. The second-order valence-corrected chi connectivity index (χ2v) is 14.5. The number of carbonyl (C=O) groups is 2. The number of benzene rings is 1. The summed E-state index contributed by atoms with van der Waals surface area (Å²) < 4.78 is 27.6. The third-order valence-corrected chi connectivity index (χ3v) is 11.9. The number of halogens is 2. The Morgan fingerprint density at radius 2 is 1.83 bits per heavy atom. The van der Waals surface area contributed by atoms with Crippen LogP contribution in [0.2, 0.25) is 9.36 Å². The Hall–Kier alpha value is -1.30. The maximum absolute atomic E-state index is 13.9. The number of hydrogen-bond acceptors (Lipinski definition) is 7. The predicted molar refractivity (Wildman–Crippen MR) is 140 cm³/mol. The number of hydrogen-bond donors (Lipinski definition) is 3. The van der Waals surface area contributed by atoms with Gasteiger partial charge in [-0.3, -0.25) is 9.59 Å². The Morgan fingerprint density at radius 1 is 1.14 bits per heavy atom. The summed E-state index contributed by atoms with van der Waals surface area (Å²) in [5.74, 6) is -0.648. The van der Waals surface area contributed by atoms with Gasteiger partial charge in [-0.2, -0.15) is 12.6 Å². The molecule has 2 heterocycles. The minimum atomic E-state index is -3.90. The van der Waals surface area contributed by atoms with Crippen molar-refractivity contribution in [3.8, 4) is 0 Å². The summed E-state index contributed by atoms with van der Waals surface area (Å²) >= 11 is 18.0. The van der Waals surface area contributed by atoms with Crippen molar-refractivity contribution in [1.82, 2.24) is 10.2 Å². The largest absolute Gasteiger partial charge is 0.346 e. The van der Waals surface area contributed by atoms with E-state index in [9.17, 15) is 18.0 Å². The Labute approximate surface area is 223 Å². The Bertz CT molecular complexity index is 1290. The molecule has 2 aliphatic carbocycles. The number of likely N-dealkylation sites (tertiary alicyclic amines) is 1. The van der Waals surface area contributed by atoms with E-state index in [4.69, 9.17) is 28.9 Å². The van der Waals surface area contributed by atoms with E-state index in [1.54, 1.807) is 18.2 Å². The van der Waals surface area contributed by atoms with Gasteiger partial charge in [-0.1, -0.05) is 35.3 Å². The first kappa shape index (κ1) is 25.4. The average Bonchev–Trinajstić information content (AvgIpc) is 3.69. The molecule has 3 N–H and O–H groups in total. The number of nitrogens with one attached hydrogen (secondary N) is 1. The van der Waals surface area contributed by atoms with Crippen molar-refractivity contribution in [2.24, 2.45) is 5.73 Å². The Kier molecular flexibility index (Phi) is 6.46. The minimum absolute atomic E-state index is 0.00217. The van der Waals surface area contributed by atoms with Crippen LogP contribution in [0, 0.1) is 0 Å². The standard InChI is InChI=1S/C23H25Cl2N3O4S3/c24-14-3-1-2-4-16(14)35(31,32)13-11-15(19(29)27-23(9-10-23)20(26)33)28(12-13)21(30)22(7-8-22)17-5-6-18(25)34-17/h1-6,13,15,20,33H,7-12,26H2,(H,27,29)/t13-,15+,20?/m1/s1. The lowest BCUT2D eigenvalue weighted by molar-refractivity contribution is -0.140. The number of sulfone groups is 1. The van der Waals surface area contributed by atoms with Gasteiger partial charge in [0.2, 0.25) is 11.8 Å². The van der Waals surface area contributed by atoms with Crippen LogP contribution < -0.4 is 11.1 Å². The van der Waals surface area contributed by atoms with E-state index in [0.29, 0.717) is 30.0 Å². The van der Waals surface area contributed by atoms with Crippen LogP contribution >= 0.6 is 47.2 Å². The van der Waals surface area contributed by atoms with Gasteiger partial charge in [0, 0.05) is 11.4 Å².